The number of hydrogen-bond acceptors (Lipinski definition) is 7. The Morgan fingerprint density at radius 2 is 2.16 bits per heavy atom. The number of carbonyl (C=O) groups excluding carboxylic acids is 1. The maximum Gasteiger partial charge on any atom is 0.407 e. The number of fused-ring (bicyclic) bond motifs is 1. The molecule has 1 saturated carbocycles. The molecular formula is C20H27N5O5S. The highest BCUT2D eigenvalue weighted by atomic mass is 32.2. The molecule has 1 fully saturated rings. The summed E-state index contributed by atoms with van der Waals surface area (Å²) in [7, 11) is -3.70. The van der Waals surface area contributed by atoms with E-state index in [1.54, 1.807) is 18.2 Å². The Morgan fingerprint density at radius 1 is 1.32 bits per heavy atom. The van der Waals surface area contributed by atoms with Crippen LogP contribution in [0.2, 0.25) is 0 Å². The van der Waals surface area contributed by atoms with Gasteiger partial charge in [0, 0.05) is 30.3 Å². The summed E-state index contributed by atoms with van der Waals surface area (Å²) in [6, 6.07) is 6.93. The van der Waals surface area contributed by atoms with Crippen LogP contribution in [0.4, 0.5) is 16.3 Å². The summed E-state index contributed by atoms with van der Waals surface area (Å²) in [6.07, 6.45) is 1.83. The fourth-order valence-corrected chi connectivity index (χ4v) is 5.21. The highest BCUT2D eigenvalue weighted by Gasteiger charge is 2.31. The van der Waals surface area contributed by atoms with Crippen molar-refractivity contribution < 1.29 is 22.7 Å². The number of amides is 1. The first-order valence-corrected chi connectivity index (χ1v) is 11.8. The van der Waals surface area contributed by atoms with Crippen molar-refractivity contribution in [1.82, 2.24) is 20.2 Å². The molecule has 0 bridgehead atoms. The van der Waals surface area contributed by atoms with Crippen molar-refractivity contribution >= 4 is 27.6 Å². The number of carbonyl (C=O) groups is 1. The second-order valence-corrected chi connectivity index (χ2v) is 9.75. The Bertz CT molecular complexity index is 1050. The lowest BCUT2D eigenvalue weighted by Gasteiger charge is -2.14. The number of hydrogen-bond donors (Lipinski definition) is 4. The number of ether oxygens (including phenoxy) is 2. The van der Waals surface area contributed by atoms with Gasteiger partial charge in [-0.25, -0.2) is 17.9 Å². The summed E-state index contributed by atoms with van der Waals surface area (Å²) in [5.74, 6) is 0.993. The van der Waals surface area contributed by atoms with E-state index >= 15 is 0 Å². The van der Waals surface area contributed by atoms with E-state index in [2.05, 4.69) is 25.6 Å². The molecule has 1 aliphatic carbocycles. The minimum atomic E-state index is -3.70. The van der Waals surface area contributed by atoms with E-state index in [1.165, 1.54) is 0 Å². The molecule has 2 aliphatic rings. The van der Waals surface area contributed by atoms with E-state index in [0.717, 1.165) is 18.5 Å². The molecule has 0 radical (unpaired) electrons. The summed E-state index contributed by atoms with van der Waals surface area (Å²) < 4.78 is 38.8. The number of alkyl carbamates (subject to hydrolysis) is 1. The number of nitrogens with zero attached hydrogens (tertiary/aromatic N) is 1. The molecular weight excluding hydrogens is 422 g/mol. The number of sulfonamides is 1. The van der Waals surface area contributed by atoms with Crippen molar-refractivity contribution in [2.24, 2.45) is 0 Å². The largest absolute Gasteiger partial charge is 0.491 e. The lowest BCUT2D eigenvalue weighted by atomic mass is 10.0. The molecule has 1 amide bonds. The van der Waals surface area contributed by atoms with Crippen LogP contribution in [0, 0.1) is 0 Å². The number of nitrogens with one attached hydrogen (secondary N) is 4. The molecule has 10 nitrogen and oxygen atoms in total. The van der Waals surface area contributed by atoms with E-state index in [1.807, 2.05) is 19.9 Å². The molecule has 1 aliphatic heterocycles. The van der Waals surface area contributed by atoms with Gasteiger partial charge in [-0.05, 0) is 45.2 Å². The molecule has 2 atom stereocenters. The number of aromatic nitrogens is 2. The van der Waals surface area contributed by atoms with Gasteiger partial charge in [-0.3, -0.25) is 5.10 Å². The summed E-state index contributed by atoms with van der Waals surface area (Å²) in [5.41, 5.74) is 1.31. The molecule has 168 valence electrons. The van der Waals surface area contributed by atoms with Crippen molar-refractivity contribution in [3.8, 4) is 5.75 Å². The Hall–Kier alpha value is -2.79. The molecule has 31 heavy (non-hydrogen) atoms. The summed E-state index contributed by atoms with van der Waals surface area (Å²) in [4.78, 5) is 11.9. The zero-order valence-electron chi connectivity index (χ0n) is 17.5. The van der Waals surface area contributed by atoms with Gasteiger partial charge in [-0.2, -0.15) is 5.10 Å². The lowest BCUT2D eigenvalue weighted by Crippen LogP contribution is -2.33. The highest BCUT2D eigenvalue weighted by molar-refractivity contribution is 7.89. The fraction of sp³-hybridized carbons (Fsp3) is 0.500. The van der Waals surface area contributed by atoms with Crippen molar-refractivity contribution in [3.63, 3.8) is 0 Å². The van der Waals surface area contributed by atoms with E-state index in [-0.39, 0.29) is 36.1 Å². The summed E-state index contributed by atoms with van der Waals surface area (Å²) >= 11 is 0. The molecule has 1 aromatic heterocycles. The van der Waals surface area contributed by atoms with Crippen molar-refractivity contribution in [2.75, 3.05) is 18.5 Å². The van der Waals surface area contributed by atoms with Gasteiger partial charge in [0.25, 0.3) is 0 Å². The molecule has 0 spiro atoms. The maximum absolute atomic E-state index is 12.6. The van der Waals surface area contributed by atoms with Crippen LogP contribution in [-0.2, 0) is 14.8 Å². The predicted molar refractivity (Wildman–Crippen MR) is 114 cm³/mol. The first kappa shape index (κ1) is 21.4. The highest BCUT2D eigenvalue weighted by Crippen LogP contribution is 2.37. The third kappa shape index (κ3) is 4.93. The van der Waals surface area contributed by atoms with E-state index in [0.29, 0.717) is 23.7 Å². The molecule has 11 heteroatoms. The van der Waals surface area contributed by atoms with Gasteiger partial charge in [0.2, 0.25) is 10.0 Å². The molecule has 4 rings (SSSR count). The first-order valence-electron chi connectivity index (χ1n) is 10.4. The van der Waals surface area contributed by atoms with Crippen LogP contribution in [0.25, 0.3) is 0 Å². The topological polar surface area (TPSA) is 134 Å². The van der Waals surface area contributed by atoms with Gasteiger partial charge in [0.15, 0.2) is 5.82 Å². The van der Waals surface area contributed by atoms with Gasteiger partial charge in [-0.1, -0.05) is 6.07 Å². The number of anilines is 2. The number of benzene rings is 1. The van der Waals surface area contributed by atoms with Crippen LogP contribution in [0.15, 0.2) is 29.2 Å². The quantitative estimate of drug-likeness (QED) is 0.551. The van der Waals surface area contributed by atoms with Crippen molar-refractivity contribution in [1.29, 1.82) is 0 Å². The van der Waals surface area contributed by atoms with E-state index < -0.39 is 16.1 Å². The zero-order valence-corrected chi connectivity index (χ0v) is 18.3. The molecule has 4 N–H and O–H groups in total. The summed E-state index contributed by atoms with van der Waals surface area (Å²) in [6.45, 7) is 4.25. The zero-order chi connectivity index (χ0) is 22.0. The minimum absolute atomic E-state index is 0.0309. The molecule has 1 aromatic carbocycles. The summed E-state index contributed by atoms with van der Waals surface area (Å²) in [5, 5.41) is 13.1. The number of rotatable bonds is 5. The second kappa shape index (κ2) is 8.75. The van der Waals surface area contributed by atoms with Crippen LogP contribution >= 0.6 is 0 Å². The lowest BCUT2D eigenvalue weighted by molar-refractivity contribution is 0.0981. The van der Waals surface area contributed by atoms with E-state index in [4.69, 9.17) is 9.47 Å². The normalized spacial score (nSPS) is 22.3. The molecule has 0 unspecified atom stereocenters. The number of H-pyrrole nitrogens is 1. The monoisotopic (exact) mass is 449 g/mol. The smallest absolute Gasteiger partial charge is 0.407 e. The van der Waals surface area contributed by atoms with Crippen LogP contribution in [0.3, 0.4) is 0 Å². The predicted octanol–water partition coefficient (Wildman–Crippen LogP) is 2.59. The molecule has 2 heterocycles. The van der Waals surface area contributed by atoms with Crippen molar-refractivity contribution in [2.45, 2.75) is 56.1 Å². The van der Waals surface area contributed by atoms with Crippen LogP contribution in [0.1, 0.15) is 44.7 Å². The Balaban J connectivity index is 1.45. The maximum atomic E-state index is 12.6. The van der Waals surface area contributed by atoms with E-state index in [9.17, 15) is 13.2 Å². The van der Waals surface area contributed by atoms with Gasteiger partial charge < -0.3 is 20.1 Å². The minimum Gasteiger partial charge on any atom is -0.491 e. The standard InChI is InChI=1S/C20H27N5O5S/c1-12(2)22-20(26)30-14-7-6-13(10-14)16-11-18(25-24-16)23-15-4-3-5-17-19(15)31(27,28)21-8-9-29-17/h3-5,11-14,21H,6-10H2,1-2H3,(H,22,26)(H2,23,24,25)/t13-,14+/m0/s1. The second-order valence-electron chi connectivity index (χ2n) is 8.05. The van der Waals surface area contributed by atoms with Gasteiger partial charge >= 0.3 is 6.09 Å². The van der Waals surface area contributed by atoms with Gasteiger partial charge in [0.1, 0.15) is 23.4 Å². The van der Waals surface area contributed by atoms with Crippen LogP contribution in [-0.4, -0.2) is 50.0 Å². The fourth-order valence-electron chi connectivity index (χ4n) is 3.91. The van der Waals surface area contributed by atoms with Crippen LogP contribution in [0.5, 0.6) is 5.75 Å². The number of aromatic amines is 1. The molecule has 2 aromatic rings. The average Bonchev–Trinajstić information content (AvgIpc) is 3.30. The van der Waals surface area contributed by atoms with Gasteiger partial charge in [0.05, 0.1) is 5.69 Å². The third-order valence-corrected chi connectivity index (χ3v) is 6.81. The average molecular weight is 450 g/mol. The Morgan fingerprint density at radius 3 is 2.97 bits per heavy atom. The Labute approximate surface area is 181 Å². The van der Waals surface area contributed by atoms with Crippen molar-refractivity contribution in [3.05, 3.63) is 30.0 Å². The molecule has 0 saturated heterocycles. The Kier molecular flexibility index (Phi) is 6.05. The third-order valence-electron chi connectivity index (χ3n) is 5.26. The van der Waals surface area contributed by atoms with Crippen LogP contribution < -0.4 is 20.1 Å². The first-order chi connectivity index (χ1) is 14.8. The van der Waals surface area contributed by atoms with Gasteiger partial charge in [-0.15, -0.1) is 0 Å². The SMILES string of the molecule is CC(C)NC(=O)O[C@@H]1CC[C@H](c2cc(Nc3cccc4c3S(=O)(=O)NCCO4)n[nH]2)C1.